The van der Waals surface area contributed by atoms with Gasteiger partial charge in [0.2, 0.25) is 0 Å². The third-order valence-electron chi connectivity index (χ3n) is 7.06. The molecule has 2 atom stereocenters. The van der Waals surface area contributed by atoms with Crippen molar-refractivity contribution in [3.63, 3.8) is 0 Å². The number of halogens is 1. The predicted molar refractivity (Wildman–Crippen MR) is 116 cm³/mol. The molecule has 3 aliphatic rings. The number of hydrogen-bond acceptors (Lipinski definition) is 1. The Bertz CT molecular complexity index is 818. The Hall–Kier alpha value is 1.38. The van der Waals surface area contributed by atoms with Gasteiger partial charge < -0.3 is 5.32 Å². The number of rotatable bonds is 1. The van der Waals surface area contributed by atoms with Gasteiger partial charge in [0.15, 0.2) is 0 Å². The summed E-state index contributed by atoms with van der Waals surface area (Å²) in [6.07, 6.45) is 12.7. The molecule has 0 unspecified atom stereocenters. The largest absolute Gasteiger partial charge is 0.317 e. The first kappa shape index (κ1) is 30.4. The summed E-state index contributed by atoms with van der Waals surface area (Å²) in [7, 11) is 0. The summed E-state index contributed by atoms with van der Waals surface area (Å²) in [5.41, 5.74) is 4.70. The molecule has 5 heteroatoms. The second-order valence-electron chi connectivity index (χ2n) is 8.68. The van der Waals surface area contributed by atoms with Crippen LogP contribution in [0.4, 0.5) is 4.39 Å². The topological polar surface area (TPSA) is 12.0 Å². The quantitative estimate of drug-likeness (QED) is 0.377. The molecule has 1 N–H and O–H groups in total. The van der Waals surface area contributed by atoms with E-state index in [0.29, 0.717) is 11.3 Å². The number of allylic oxidation sites excluding steroid dienone is 1. The first-order valence-corrected chi connectivity index (χ1v) is 10.9. The molecule has 1 aliphatic heterocycles. The zero-order valence-electron chi connectivity index (χ0n) is 18.7. The maximum absolute atomic E-state index is 12.6. The SMILES string of the molecule is C[C@H]1CCCC[C@@]12C=Cc1ccccc12.Fc1ccc(C2CCNCC2)cc1.[Y].[Y].[Y]. The summed E-state index contributed by atoms with van der Waals surface area (Å²) in [5.74, 6) is 1.30. The van der Waals surface area contributed by atoms with Gasteiger partial charge in [-0.05, 0) is 79.4 Å². The van der Waals surface area contributed by atoms with Crippen molar-refractivity contribution in [1.82, 2.24) is 5.32 Å². The fraction of sp³-hybridized carbons (Fsp3) is 0.462. The summed E-state index contributed by atoms with van der Waals surface area (Å²) in [6, 6.07) is 15.8. The molecule has 0 amide bonds. The minimum atomic E-state index is -0.141. The second-order valence-corrected chi connectivity index (χ2v) is 8.68. The van der Waals surface area contributed by atoms with Gasteiger partial charge in [0.1, 0.15) is 5.82 Å². The van der Waals surface area contributed by atoms with Crippen LogP contribution in [0, 0.1) is 11.7 Å². The number of benzene rings is 2. The van der Waals surface area contributed by atoms with E-state index in [-0.39, 0.29) is 104 Å². The van der Waals surface area contributed by atoms with Crippen molar-refractivity contribution in [2.75, 3.05) is 13.1 Å². The molecule has 2 aromatic rings. The van der Waals surface area contributed by atoms with Crippen LogP contribution >= 0.6 is 0 Å². The Balaban J connectivity index is 0.000000285. The van der Waals surface area contributed by atoms with Crippen LogP contribution < -0.4 is 5.32 Å². The fourth-order valence-electron chi connectivity index (χ4n) is 5.30. The standard InChI is InChI=1S/C15H18.C11H14FN.3Y/c1-12-6-4-5-10-15(12)11-9-13-7-2-3-8-14(13)15;12-11-3-1-9(2-4-11)10-5-7-13-8-6-10;;;/h2-3,7-9,11-12H,4-6,10H2,1H3;1-4,10,13H,5-8H2;;;/t12-,15+;;;;/m0..../s1. The molecular formula is C26H32FNY3. The minimum absolute atomic E-state index is 0. The van der Waals surface area contributed by atoms with E-state index < -0.39 is 0 Å². The molecule has 157 valence electrons. The van der Waals surface area contributed by atoms with E-state index in [1.54, 1.807) is 17.7 Å². The van der Waals surface area contributed by atoms with Crippen molar-refractivity contribution < 1.29 is 103 Å². The summed E-state index contributed by atoms with van der Waals surface area (Å²) >= 11 is 0. The Labute approximate surface area is 263 Å². The zero-order chi connectivity index (χ0) is 19.4. The van der Waals surface area contributed by atoms with E-state index >= 15 is 0 Å². The van der Waals surface area contributed by atoms with Gasteiger partial charge in [-0.25, -0.2) is 4.39 Å². The number of fused-ring (bicyclic) bond motifs is 2. The van der Waals surface area contributed by atoms with Crippen molar-refractivity contribution in [1.29, 1.82) is 0 Å². The van der Waals surface area contributed by atoms with Crippen molar-refractivity contribution in [3.8, 4) is 0 Å². The third kappa shape index (κ3) is 7.43. The molecule has 2 aromatic carbocycles. The maximum Gasteiger partial charge on any atom is 0.123 e. The van der Waals surface area contributed by atoms with Crippen molar-refractivity contribution in [3.05, 3.63) is 77.1 Å². The molecule has 0 aromatic heterocycles. The van der Waals surface area contributed by atoms with E-state index in [4.69, 9.17) is 0 Å². The monoisotopic (exact) mass is 644 g/mol. The van der Waals surface area contributed by atoms with Crippen LogP contribution in [-0.4, -0.2) is 13.1 Å². The molecule has 1 heterocycles. The summed E-state index contributed by atoms with van der Waals surface area (Å²) in [6.45, 7) is 4.59. The van der Waals surface area contributed by atoms with E-state index in [0.717, 1.165) is 19.0 Å². The Kier molecular flexibility index (Phi) is 14.4. The summed E-state index contributed by atoms with van der Waals surface area (Å²) in [5, 5.41) is 3.32. The molecule has 1 nitrogen and oxygen atoms in total. The van der Waals surface area contributed by atoms with Crippen molar-refractivity contribution >= 4 is 6.08 Å². The molecule has 1 saturated carbocycles. The van der Waals surface area contributed by atoms with E-state index in [1.807, 2.05) is 12.1 Å². The third-order valence-corrected chi connectivity index (χ3v) is 7.06. The second kappa shape index (κ2) is 14.7. The van der Waals surface area contributed by atoms with Crippen LogP contribution in [0.5, 0.6) is 0 Å². The molecule has 0 bridgehead atoms. The first-order valence-electron chi connectivity index (χ1n) is 10.9. The normalized spacial score (nSPS) is 24.0. The molecule has 5 rings (SSSR count). The summed E-state index contributed by atoms with van der Waals surface area (Å²) in [4.78, 5) is 0. The Morgan fingerprint density at radius 1 is 0.871 bits per heavy atom. The van der Waals surface area contributed by atoms with E-state index in [9.17, 15) is 4.39 Å². The number of nitrogens with one attached hydrogen (secondary N) is 1. The Morgan fingerprint density at radius 2 is 1.55 bits per heavy atom. The van der Waals surface area contributed by atoms with Crippen LogP contribution in [-0.2, 0) is 104 Å². The van der Waals surface area contributed by atoms with Gasteiger partial charge >= 0.3 is 0 Å². The molecule has 31 heavy (non-hydrogen) atoms. The predicted octanol–water partition coefficient (Wildman–Crippen LogP) is 6.45. The molecule has 2 fully saturated rings. The fourth-order valence-corrected chi connectivity index (χ4v) is 5.30. The first-order chi connectivity index (χ1) is 13.7. The molecule has 1 spiro atoms. The van der Waals surface area contributed by atoms with Crippen LogP contribution in [0.15, 0.2) is 54.6 Å². The van der Waals surface area contributed by atoms with Gasteiger partial charge in [-0.2, -0.15) is 0 Å². The smallest absolute Gasteiger partial charge is 0.123 e. The van der Waals surface area contributed by atoms with Crippen LogP contribution in [0.3, 0.4) is 0 Å². The van der Waals surface area contributed by atoms with Gasteiger partial charge in [-0.3, -0.25) is 0 Å². The number of hydrogen-bond donors (Lipinski definition) is 1. The van der Waals surface area contributed by atoms with E-state index in [1.165, 1.54) is 49.7 Å². The van der Waals surface area contributed by atoms with E-state index in [2.05, 4.69) is 48.7 Å². The average molecular weight is 644 g/mol. The van der Waals surface area contributed by atoms with Crippen LogP contribution in [0.25, 0.3) is 6.08 Å². The van der Waals surface area contributed by atoms with Crippen LogP contribution in [0.2, 0.25) is 0 Å². The number of piperidine rings is 1. The van der Waals surface area contributed by atoms with Gasteiger partial charge in [-0.1, -0.05) is 68.3 Å². The van der Waals surface area contributed by atoms with Crippen LogP contribution in [0.1, 0.15) is 68.1 Å². The maximum atomic E-state index is 12.6. The average Bonchev–Trinajstić information content (AvgIpc) is 3.12. The van der Waals surface area contributed by atoms with Gasteiger partial charge in [0.05, 0.1) is 0 Å². The molecule has 2 aliphatic carbocycles. The molecule has 3 radical (unpaired) electrons. The Morgan fingerprint density at radius 3 is 2.23 bits per heavy atom. The summed E-state index contributed by atoms with van der Waals surface area (Å²) < 4.78 is 12.6. The molecular weight excluding hydrogens is 612 g/mol. The van der Waals surface area contributed by atoms with Gasteiger partial charge in [0, 0.05) is 104 Å². The van der Waals surface area contributed by atoms with Gasteiger partial charge in [0.25, 0.3) is 0 Å². The molecule has 1 saturated heterocycles. The van der Waals surface area contributed by atoms with Crippen molar-refractivity contribution in [2.45, 2.75) is 56.8 Å². The minimum Gasteiger partial charge on any atom is -0.317 e. The van der Waals surface area contributed by atoms with Crippen molar-refractivity contribution in [2.24, 2.45) is 5.92 Å². The zero-order valence-corrected chi connectivity index (χ0v) is 27.2. The van der Waals surface area contributed by atoms with Gasteiger partial charge in [-0.15, -0.1) is 0 Å².